The van der Waals surface area contributed by atoms with Gasteiger partial charge >= 0.3 is 0 Å². The van der Waals surface area contributed by atoms with Crippen LogP contribution in [0.3, 0.4) is 0 Å². The van der Waals surface area contributed by atoms with Crippen LogP contribution < -0.4 is 5.32 Å². The Morgan fingerprint density at radius 3 is 2.95 bits per heavy atom. The molecule has 1 saturated carbocycles. The summed E-state index contributed by atoms with van der Waals surface area (Å²) in [6.45, 7) is 5.70. The number of para-hydroxylation sites is 1. The van der Waals surface area contributed by atoms with Gasteiger partial charge < -0.3 is 14.6 Å². The number of hydrogen-bond acceptors (Lipinski definition) is 2. The molecule has 0 radical (unpaired) electrons. The lowest BCUT2D eigenvalue weighted by molar-refractivity contribution is 0.127. The maximum atomic E-state index is 5.62. The monoisotopic (exact) mass is 272 g/mol. The number of rotatable bonds is 8. The predicted octanol–water partition coefficient (Wildman–Crippen LogP) is 3.32. The van der Waals surface area contributed by atoms with Crippen LogP contribution >= 0.6 is 0 Å². The maximum Gasteiger partial charge on any atom is 0.0645 e. The Morgan fingerprint density at radius 2 is 2.15 bits per heavy atom. The molecule has 1 N–H and O–H groups in total. The minimum absolute atomic E-state index is 0.751. The Labute approximate surface area is 120 Å². The molecule has 1 aliphatic carbocycles. The molecule has 3 rings (SSSR count). The van der Waals surface area contributed by atoms with E-state index in [1.807, 2.05) is 0 Å². The van der Waals surface area contributed by atoms with Gasteiger partial charge in [0.15, 0.2) is 0 Å². The van der Waals surface area contributed by atoms with Gasteiger partial charge in [0.1, 0.15) is 0 Å². The Kier molecular flexibility index (Phi) is 4.38. The molecule has 0 amide bonds. The highest BCUT2D eigenvalue weighted by Gasteiger charge is 2.20. The Hall–Kier alpha value is -1.32. The zero-order chi connectivity index (χ0) is 13.8. The first kappa shape index (κ1) is 13.7. The zero-order valence-electron chi connectivity index (χ0n) is 12.3. The fourth-order valence-corrected chi connectivity index (χ4v) is 2.62. The van der Waals surface area contributed by atoms with Crippen molar-refractivity contribution in [2.24, 2.45) is 0 Å². The van der Waals surface area contributed by atoms with Crippen LogP contribution in [0.15, 0.2) is 30.5 Å². The summed E-state index contributed by atoms with van der Waals surface area (Å²) >= 11 is 0. The van der Waals surface area contributed by atoms with E-state index in [1.165, 1.54) is 29.3 Å². The van der Waals surface area contributed by atoms with E-state index < -0.39 is 0 Å². The van der Waals surface area contributed by atoms with E-state index in [9.17, 15) is 0 Å². The van der Waals surface area contributed by atoms with Gasteiger partial charge in [-0.15, -0.1) is 0 Å². The van der Waals surface area contributed by atoms with Gasteiger partial charge in [0.25, 0.3) is 0 Å². The Balaban J connectivity index is 1.73. The van der Waals surface area contributed by atoms with E-state index in [4.69, 9.17) is 4.74 Å². The minimum atomic E-state index is 0.751. The van der Waals surface area contributed by atoms with Crippen molar-refractivity contribution in [1.82, 2.24) is 9.88 Å². The van der Waals surface area contributed by atoms with Crippen molar-refractivity contribution < 1.29 is 4.74 Å². The molecule has 20 heavy (non-hydrogen) atoms. The van der Waals surface area contributed by atoms with Crippen molar-refractivity contribution in [2.45, 2.75) is 45.3 Å². The second kappa shape index (κ2) is 6.42. The number of benzene rings is 1. The minimum Gasteiger partial charge on any atom is -0.380 e. The van der Waals surface area contributed by atoms with Gasteiger partial charge in [-0.25, -0.2) is 0 Å². The molecular weight excluding hydrogens is 248 g/mol. The van der Waals surface area contributed by atoms with Crippen LogP contribution in [-0.2, 0) is 17.8 Å². The lowest BCUT2D eigenvalue weighted by Gasteiger charge is -2.11. The summed E-state index contributed by atoms with van der Waals surface area (Å²) in [5, 5.41) is 4.94. The van der Waals surface area contributed by atoms with Crippen LogP contribution in [0.2, 0.25) is 0 Å². The first-order valence-corrected chi connectivity index (χ1v) is 7.76. The molecular formula is C17H24N2O. The number of nitrogens with one attached hydrogen (secondary N) is 1. The second-order valence-corrected chi connectivity index (χ2v) is 5.63. The van der Waals surface area contributed by atoms with Gasteiger partial charge in [-0.05, 0) is 36.3 Å². The summed E-state index contributed by atoms with van der Waals surface area (Å²) < 4.78 is 7.94. The van der Waals surface area contributed by atoms with Crippen molar-refractivity contribution in [3.63, 3.8) is 0 Å². The summed E-state index contributed by atoms with van der Waals surface area (Å²) in [6, 6.07) is 9.54. The van der Waals surface area contributed by atoms with Gasteiger partial charge in [0, 0.05) is 31.9 Å². The molecule has 1 aromatic carbocycles. The van der Waals surface area contributed by atoms with Crippen molar-refractivity contribution in [2.75, 3.05) is 13.2 Å². The molecule has 0 atom stereocenters. The molecule has 108 valence electrons. The van der Waals surface area contributed by atoms with Crippen molar-refractivity contribution in [3.05, 3.63) is 36.0 Å². The van der Waals surface area contributed by atoms with Crippen LogP contribution in [0.5, 0.6) is 0 Å². The molecule has 1 aliphatic rings. The van der Waals surface area contributed by atoms with E-state index in [-0.39, 0.29) is 0 Å². The summed E-state index contributed by atoms with van der Waals surface area (Å²) in [6.07, 6.45) is 5.94. The number of fused-ring (bicyclic) bond motifs is 1. The number of ether oxygens (including phenoxy) is 1. The van der Waals surface area contributed by atoms with Crippen molar-refractivity contribution in [3.8, 4) is 0 Å². The topological polar surface area (TPSA) is 26.2 Å². The van der Waals surface area contributed by atoms with Gasteiger partial charge in [-0.1, -0.05) is 25.1 Å². The summed E-state index contributed by atoms with van der Waals surface area (Å²) in [7, 11) is 0. The van der Waals surface area contributed by atoms with Crippen LogP contribution in [0.1, 0.15) is 31.7 Å². The number of hydrogen-bond donors (Lipinski definition) is 1. The summed E-state index contributed by atoms with van der Waals surface area (Å²) in [5.41, 5.74) is 2.76. The molecule has 0 saturated heterocycles. The normalized spacial score (nSPS) is 15.1. The molecule has 0 aliphatic heterocycles. The van der Waals surface area contributed by atoms with E-state index in [0.29, 0.717) is 0 Å². The van der Waals surface area contributed by atoms with E-state index in [0.717, 1.165) is 38.8 Å². The van der Waals surface area contributed by atoms with E-state index in [1.54, 1.807) is 0 Å². The fourth-order valence-electron chi connectivity index (χ4n) is 2.62. The third-order valence-corrected chi connectivity index (χ3v) is 3.86. The molecule has 1 fully saturated rings. The molecule has 3 nitrogen and oxygen atoms in total. The SMILES string of the molecule is CCCOCCn1ccc2cccc(CNC3CC3)c21. The lowest BCUT2D eigenvalue weighted by Crippen LogP contribution is -2.16. The highest BCUT2D eigenvalue weighted by atomic mass is 16.5. The van der Waals surface area contributed by atoms with Gasteiger partial charge in [0.05, 0.1) is 12.1 Å². The maximum absolute atomic E-state index is 5.62. The second-order valence-electron chi connectivity index (χ2n) is 5.63. The summed E-state index contributed by atoms with van der Waals surface area (Å²) in [5.74, 6) is 0. The molecule has 0 spiro atoms. The largest absolute Gasteiger partial charge is 0.380 e. The predicted molar refractivity (Wildman–Crippen MR) is 82.9 cm³/mol. The average Bonchev–Trinajstić information content (AvgIpc) is 3.21. The first-order valence-electron chi connectivity index (χ1n) is 7.76. The first-order chi connectivity index (χ1) is 9.88. The molecule has 1 heterocycles. The van der Waals surface area contributed by atoms with E-state index in [2.05, 4.69) is 47.3 Å². The standard InChI is InChI=1S/C17H24N2O/c1-2-11-20-12-10-19-9-8-14-4-3-5-15(17(14)19)13-18-16-6-7-16/h3-5,8-9,16,18H,2,6-7,10-13H2,1H3. The Morgan fingerprint density at radius 1 is 1.25 bits per heavy atom. The van der Waals surface area contributed by atoms with Crippen molar-refractivity contribution >= 4 is 10.9 Å². The van der Waals surface area contributed by atoms with Crippen LogP contribution in [0, 0.1) is 0 Å². The molecule has 0 bridgehead atoms. The average molecular weight is 272 g/mol. The van der Waals surface area contributed by atoms with Crippen LogP contribution in [0.4, 0.5) is 0 Å². The summed E-state index contributed by atoms with van der Waals surface area (Å²) in [4.78, 5) is 0. The molecule has 1 aromatic heterocycles. The third kappa shape index (κ3) is 3.22. The van der Waals surface area contributed by atoms with Gasteiger partial charge in [0.2, 0.25) is 0 Å². The molecule has 2 aromatic rings. The quantitative estimate of drug-likeness (QED) is 0.746. The zero-order valence-corrected chi connectivity index (χ0v) is 12.3. The highest BCUT2D eigenvalue weighted by molar-refractivity contribution is 5.83. The Bertz CT molecular complexity index is 557. The van der Waals surface area contributed by atoms with Crippen LogP contribution in [0.25, 0.3) is 10.9 Å². The molecule has 3 heteroatoms. The molecule has 0 unspecified atom stereocenters. The lowest BCUT2D eigenvalue weighted by atomic mass is 10.1. The highest BCUT2D eigenvalue weighted by Crippen LogP contribution is 2.23. The number of aromatic nitrogens is 1. The number of nitrogens with zero attached hydrogens (tertiary/aromatic N) is 1. The van der Waals surface area contributed by atoms with Crippen LogP contribution in [-0.4, -0.2) is 23.8 Å². The van der Waals surface area contributed by atoms with Gasteiger partial charge in [-0.2, -0.15) is 0 Å². The van der Waals surface area contributed by atoms with E-state index >= 15 is 0 Å². The smallest absolute Gasteiger partial charge is 0.0645 e. The van der Waals surface area contributed by atoms with Crippen molar-refractivity contribution in [1.29, 1.82) is 0 Å². The fraction of sp³-hybridized carbons (Fsp3) is 0.529. The third-order valence-electron chi connectivity index (χ3n) is 3.86. The van der Waals surface area contributed by atoms with Gasteiger partial charge in [-0.3, -0.25) is 0 Å².